The van der Waals surface area contributed by atoms with E-state index in [9.17, 15) is 5.11 Å². The maximum absolute atomic E-state index is 9.23. The lowest BCUT2D eigenvalue weighted by atomic mass is 10.2. The highest BCUT2D eigenvalue weighted by Crippen LogP contribution is 2.14. The van der Waals surface area contributed by atoms with E-state index in [2.05, 4.69) is 25.7 Å². The maximum Gasteiger partial charge on any atom is 0.243 e. The molecule has 1 aliphatic heterocycles. The largest absolute Gasteiger partial charge is 0.393 e. The summed E-state index contributed by atoms with van der Waals surface area (Å²) in [7, 11) is 0. The van der Waals surface area contributed by atoms with Crippen LogP contribution in [-0.4, -0.2) is 59.0 Å². The zero-order valence-electron chi connectivity index (χ0n) is 12.2. The Bertz CT molecular complexity index is 438. The van der Waals surface area contributed by atoms with Crippen LogP contribution in [0, 0.1) is 0 Å². The van der Waals surface area contributed by atoms with E-state index in [4.69, 9.17) is 10.6 Å². The van der Waals surface area contributed by atoms with Gasteiger partial charge in [-0.05, 0) is 19.8 Å². The van der Waals surface area contributed by atoms with Gasteiger partial charge in [-0.3, -0.25) is 5.43 Å². The normalized spacial score (nSPS) is 16.6. The first-order valence-electron chi connectivity index (χ1n) is 7.16. The zero-order valence-corrected chi connectivity index (χ0v) is 12.2. The monoisotopic (exact) mass is 297 g/mol. The summed E-state index contributed by atoms with van der Waals surface area (Å²) in [6.45, 7) is 5.27. The Kier molecular flexibility index (Phi) is 5.90. The first kappa shape index (κ1) is 15.7. The van der Waals surface area contributed by atoms with Crippen molar-refractivity contribution in [2.24, 2.45) is 5.84 Å². The molecule has 1 fully saturated rings. The fraction of sp³-hybridized carbons (Fsp3) is 0.750. The molecule has 1 aromatic heterocycles. The van der Waals surface area contributed by atoms with E-state index >= 15 is 0 Å². The van der Waals surface area contributed by atoms with Gasteiger partial charge in [0.05, 0.1) is 19.3 Å². The third-order valence-corrected chi connectivity index (χ3v) is 3.13. The van der Waals surface area contributed by atoms with Crippen LogP contribution in [0.25, 0.3) is 0 Å². The van der Waals surface area contributed by atoms with Gasteiger partial charge in [0.2, 0.25) is 17.8 Å². The molecule has 0 bridgehead atoms. The highest BCUT2D eigenvalue weighted by Gasteiger charge is 2.16. The number of nitrogens with zero attached hydrogens (tertiary/aromatic N) is 4. The minimum absolute atomic E-state index is 0.296. The number of hydrogen-bond donors (Lipinski definition) is 4. The Labute approximate surface area is 123 Å². The van der Waals surface area contributed by atoms with Crippen molar-refractivity contribution >= 4 is 17.8 Å². The number of hydrogen-bond acceptors (Lipinski definition) is 9. The van der Waals surface area contributed by atoms with Crippen LogP contribution >= 0.6 is 0 Å². The molecule has 1 saturated heterocycles. The summed E-state index contributed by atoms with van der Waals surface area (Å²) in [5.74, 6) is 6.79. The van der Waals surface area contributed by atoms with Gasteiger partial charge in [0.1, 0.15) is 0 Å². The van der Waals surface area contributed by atoms with Gasteiger partial charge >= 0.3 is 0 Å². The van der Waals surface area contributed by atoms with E-state index in [1.54, 1.807) is 6.92 Å². The topological polar surface area (TPSA) is 121 Å². The molecule has 21 heavy (non-hydrogen) atoms. The number of nitrogens with two attached hydrogens (primary N) is 1. The number of nitrogen functional groups attached to an aromatic ring is 1. The SMILES string of the molecule is CC(O)CCCNc1nc(NN)nc(N2CCOCC2)n1. The van der Waals surface area contributed by atoms with E-state index < -0.39 is 0 Å². The van der Waals surface area contributed by atoms with Gasteiger partial charge in [0, 0.05) is 19.6 Å². The summed E-state index contributed by atoms with van der Waals surface area (Å²) in [5.41, 5.74) is 2.46. The third-order valence-electron chi connectivity index (χ3n) is 3.13. The number of morpholine rings is 1. The predicted octanol–water partition coefficient (Wildman–Crippen LogP) is -0.433. The van der Waals surface area contributed by atoms with E-state index in [0.29, 0.717) is 37.6 Å². The first-order chi connectivity index (χ1) is 10.2. The van der Waals surface area contributed by atoms with Crippen molar-refractivity contribution in [3.8, 4) is 0 Å². The number of nitrogens with one attached hydrogen (secondary N) is 2. The molecule has 9 nitrogen and oxygen atoms in total. The lowest BCUT2D eigenvalue weighted by Crippen LogP contribution is -2.37. The van der Waals surface area contributed by atoms with Crippen LogP contribution in [0.5, 0.6) is 0 Å². The van der Waals surface area contributed by atoms with Gasteiger partial charge in [-0.1, -0.05) is 0 Å². The average Bonchev–Trinajstić information content (AvgIpc) is 2.52. The number of aliphatic hydroxyl groups excluding tert-OH is 1. The molecule has 2 rings (SSSR count). The Balaban J connectivity index is 1.99. The predicted molar refractivity (Wildman–Crippen MR) is 80.1 cm³/mol. The van der Waals surface area contributed by atoms with Crippen LogP contribution < -0.4 is 21.5 Å². The van der Waals surface area contributed by atoms with Crippen LogP contribution in [0.1, 0.15) is 19.8 Å². The number of aliphatic hydroxyl groups is 1. The fourth-order valence-corrected chi connectivity index (χ4v) is 2.01. The van der Waals surface area contributed by atoms with E-state index in [1.165, 1.54) is 0 Å². The van der Waals surface area contributed by atoms with Gasteiger partial charge in [-0.25, -0.2) is 5.84 Å². The van der Waals surface area contributed by atoms with Gasteiger partial charge in [-0.2, -0.15) is 15.0 Å². The minimum atomic E-state index is -0.296. The summed E-state index contributed by atoms with van der Waals surface area (Å²) < 4.78 is 5.32. The number of rotatable bonds is 7. The molecule has 1 aliphatic rings. The van der Waals surface area contributed by atoms with Crippen molar-refractivity contribution in [2.45, 2.75) is 25.9 Å². The number of aromatic nitrogens is 3. The molecule has 2 heterocycles. The molecule has 0 aliphatic carbocycles. The third kappa shape index (κ3) is 4.96. The average molecular weight is 297 g/mol. The molecule has 5 N–H and O–H groups in total. The summed E-state index contributed by atoms with van der Waals surface area (Å²) in [6, 6.07) is 0. The Morgan fingerprint density at radius 2 is 2.00 bits per heavy atom. The second-order valence-electron chi connectivity index (χ2n) is 4.94. The summed E-state index contributed by atoms with van der Waals surface area (Å²) in [5, 5.41) is 12.4. The quantitative estimate of drug-likeness (QED) is 0.301. The molecule has 1 unspecified atom stereocenters. The molecule has 0 radical (unpaired) electrons. The molecule has 9 heteroatoms. The molecule has 1 aromatic rings. The van der Waals surface area contributed by atoms with E-state index in [-0.39, 0.29) is 6.10 Å². The van der Waals surface area contributed by atoms with Gasteiger partial charge in [0.15, 0.2) is 0 Å². The summed E-state index contributed by atoms with van der Waals surface area (Å²) in [4.78, 5) is 14.9. The van der Waals surface area contributed by atoms with Gasteiger partial charge in [0.25, 0.3) is 0 Å². The summed E-state index contributed by atoms with van der Waals surface area (Å²) >= 11 is 0. The lowest BCUT2D eigenvalue weighted by molar-refractivity contribution is 0.122. The van der Waals surface area contributed by atoms with Crippen molar-refractivity contribution in [1.29, 1.82) is 0 Å². The first-order valence-corrected chi connectivity index (χ1v) is 7.16. The molecular formula is C12H23N7O2. The van der Waals surface area contributed by atoms with Crippen molar-refractivity contribution in [1.82, 2.24) is 15.0 Å². The molecular weight excluding hydrogens is 274 g/mol. The summed E-state index contributed by atoms with van der Waals surface area (Å²) in [6.07, 6.45) is 1.27. The second kappa shape index (κ2) is 7.91. The van der Waals surface area contributed by atoms with Crippen molar-refractivity contribution < 1.29 is 9.84 Å². The van der Waals surface area contributed by atoms with E-state index in [1.807, 2.05) is 4.90 Å². The van der Waals surface area contributed by atoms with Crippen molar-refractivity contribution in [3.05, 3.63) is 0 Å². The number of hydrazine groups is 1. The maximum atomic E-state index is 9.23. The molecule has 0 amide bonds. The van der Waals surface area contributed by atoms with Crippen LogP contribution in [-0.2, 0) is 4.74 Å². The van der Waals surface area contributed by atoms with Crippen LogP contribution in [0.15, 0.2) is 0 Å². The van der Waals surface area contributed by atoms with Gasteiger partial charge in [-0.15, -0.1) is 0 Å². The van der Waals surface area contributed by atoms with Gasteiger partial charge < -0.3 is 20.1 Å². The molecule has 0 spiro atoms. The Morgan fingerprint density at radius 3 is 2.67 bits per heavy atom. The molecule has 0 saturated carbocycles. The lowest BCUT2D eigenvalue weighted by Gasteiger charge is -2.27. The van der Waals surface area contributed by atoms with E-state index in [0.717, 1.165) is 25.9 Å². The van der Waals surface area contributed by atoms with Crippen LogP contribution in [0.2, 0.25) is 0 Å². The Morgan fingerprint density at radius 1 is 1.29 bits per heavy atom. The molecule has 1 atom stereocenters. The minimum Gasteiger partial charge on any atom is -0.393 e. The van der Waals surface area contributed by atoms with Crippen LogP contribution in [0.4, 0.5) is 17.8 Å². The van der Waals surface area contributed by atoms with Crippen molar-refractivity contribution in [3.63, 3.8) is 0 Å². The highest BCUT2D eigenvalue weighted by molar-refractivity contribution is 5.43. The molecule has 0 aromatic carbocycles. The number of anilines is 3. The smallest absolute Gasteiger partial charge is 0.243 e. The molecule has 118 valence electrons. The Hall–Kier alpha value is -1.71. The fourth-order valence-electron chi connectivity index (χ4n) is 2.01. The second-order valence-corrected chi connectivity index (χ2v) is 4.94. The standard InChI is InChI=1S/C12H23N7O2/c1-9(20)3-2-4-14-10-15-11(18-13)17-12(16-10)19-5-7-21-8-6-19/h9,20H,2-8,13H2,1H3,(H2,14,15,16,17,18). The van der Waals surface area contributed by atoms with Crippen molar-refractivity contribution in [2.75, 3.05) is 48.5 Å². The highest BCUT2D eigenvalue weighted by atomic mass is 16.5. The van der Waals surface area contributed by atoms with Crippen LogP contribution in [0.3, 0.4) is 0 Å². The zero-order chi connectivity index (χ0) is 15.1. The number of ether oxygens (including phenoxy) is 1.